The maximum absolute atomic E-state index is 12.3. The Balaban J connectivity index is 2.19. The summed E-state index contributed by atoms with van der Waals surface area (Å²) in [5.41, 5.74) is 0.908. The van der Waals surface area contributed by atoms with E-state index in [1.165, 1.54) is 18.5 Å². The van der Waals surface area contributed by atoms with Gasteiger partial charge in [0.2, 0.25) is 0 Å². The summed E-state index contributed by atoms with van der Waals surface area (Å²) >= 11 is 6.36. The van der Waals surface area contributed by atoms with E-state index in [4.69, 9.17) is 16.3 Å². The summed E-state index contributed by atoms with van der Waals surface area (Å²) in [5.74, 6) is -0.668. The maximum Gasteiger partial charge on any atom is 0.358 e. The molecule has 0 spiro atoms. The van der Waals surface area contributed by atoms with Crippen molar-refractivity contribution in [2.45, 2.75) is 6.92 Å². The van der Waals surface area contributed by atoms with Crippen molar-refractivity contribution in [2.24, 2.45) is 0 Å². The summed E-state index contributed by atoms with van der Waals surface area (Å²) in [7, 11) is 0. The highest BCUT2D eigenvalue weighted by atomic mass is 35.5. The number of aromatic nitrogens is 4. The van der Waals surface area contributed by atoms with Gasteiger partial charge < -0.3 is 4.74 Å². The van der Waals surface area contributed by atoms with Crippen LogP contribution in [0.1, 0.15) is 17.4 Å². The molecule has 2 aromatic heterocycles. The minimum absolute atomic E-state index is 0.0544. The van der Waals surface area contributed by atoms with Crippen LogP contribution in [-0.4, -0.2) is 37.7 Å². The van der Waals surface area contributed by atoms with Crippen LogP contribution in [0.25, 0.3) is 33.1 Å². The zero-order valence-corrected chi connectivity index (χ0v) is 15.8. The van der Waals surface area contributed by atoms with Crippen molar-refractivity contribution in [1.82, 2.24) is 20.2 Å². The van der Waals surface area contributed by atoms with Gasteiger partial charge >= 0.3 is 5.97 Å². The molecule has 144 valence electrons. The Hall–Kier alpha value is -3.72. The van der Waals surface area contributed by atoms with E-state index < -0.39 is 10.9 Å². The molecule has 0 saturated heterocycles. The van der Waals surface area contributed by atoms with E-state index >= 15 is 0 Å². The van der Waals surface area contributed by atoms with Crippen LogP contribution in [0.4, 0.5) is 5.69 Å². The first-order valence-corrected chi connectivity index (χ1v) is 8.90. The summed E-state index contributed by atoms with van der Waals surface area (Å²) in [6.07, 6.45) is 2.65. The predicted molar refractivity (Wildman–Crippen MR) is 106 cm³/mol. The van der Waals surface area contributed by atoms with Crippen LogP contribution in [0.15, 0.2) is 42.7 Å². The van der Waals surface area contributed by atoms with Crippen molar-refractivity contribution in [3.05, 3.63) is 63.6 Å². The number of esters is 1. The molecule has 29 heavy (non-hydrogen) atoms. The number of benzene rings is 2. The van der Waals surface area contributed by atoms with Gasteiger partial charge in [-0.3, -0.25) is 15.1 Å². The number of nitro benzene ring substituents is 1. The monoisotopic (exact) mass is 409 g/mol. The van der Waals surface area contributed by atoms with Gasteiger partial charge in [-0.2, -0.15) is 5.10 Å². The second kappa shape index (κ2) is 7.36. The Bertz CT molecular complexity index is 1290. The number of nitro groups is 1. The Morgan fingerprint density at radius 3 is 2.72 bits per heavy atom. The van der Waals surface area contributed by atoms with Crippen LogP contribution in [0.5, 0.6) is 0 Å². The summed E-state index contributed by atoms with van der Waals surface area (Å²) in [5, 5.41) is 20.3. The second-order valence-corrected chi connectivity index (χ2v) is 6.37. The van der Waals surface area contributed by atoms with E-state index in [1.807, 2.05) is 0 Å². The van der Waals surface area contributed by atoms with E-state index in [1.54, 1.807) is 31.2 Å². The Labute approximate surface area is 168 Å². The molecule has 0 aliphatic carbocycles. The van der Waals surface area contributed by atoms with E-state index in [0.29, 0.717) is 26.9 Å². The fraction of sp³-hybridized carbons (Fsp3) is 0.105. The van der Waals surface area contributed by atoms with Gasteiger partial charge in [0.1, 0.15) is 0 Å². The van der Waals surface area contributed by atoms with Crippen LogP contribution in [-0.2, 0) is 4.74 Å². The lowest BCUT2D eigenvalue weighted by atomic mass is 10.0. The predicted octanol–water partition coefficient (Wildman–Crippen LogP) is 3.98. The minimum atomic E-state index is -0.668. The summed E-state index contributed by atoms with van der Waals surface area (Å²) < 4.78 is 5.04. The zero-order valence-electron chi connectivity index (χ0n) is 15.0. The molecule has 9 nitrogen and oxygen atoms in total. The van der Waals surface area contributed by atoms with Crippen molar-refractivity contribution in [3.8, 4) is 11.3 Å². The minimum Gasteiger partial charge on any atom is -0.461 e. The van der Waals surface area contributed by atoms with Crippen LogP contribution in [0.3, 0.4) is 0 Å². The van der Waals surface area contributed by atoms with Gasteiger partial charge in [0, 0.05) is 22.0 Å². The molecule has 10 heteroatoms. The smallest absolute Gasteiger partial charge is 0.358 e. The molecule has 0 atom stereocenters. The van der Waals surface area contributed by atoms with Gasteiger partial charge in [0.05, 0.1) is 40.5 Å². The number of fused-ring (bicyclic) bond motifs is 3. The van der Waals surface area contributed by atoms with Gasteiger partial charge in [-0.1, -0.05) is 29.8 Å². The number of halogens is 1. The summed E-state index contributed by atoms with van der Waals surface area (Å²) in [6, 6.07) is 8.18. The maximum atomic E-state index is 12.3. The van der Waals surface area contributed by atoms with Crippen molar-refractivity contribution in [3.63, 3.8) is 0 Å². The van der Waals surface area contributed by atoms with Gasteiger partial charge in [0.25, 0.3) is 5.69 Å². The highest BCUT2D eigenvalue weighted by molar-refractivity contribution is 6.33. The molecule has 0 N–H and O–H groups in total. The van der Waals surface area contributed by atoms with Crippen LogP contribution < -0.4 is 0 Å². The lowest BCUT2D eigenvalue weighted by molar-refractivity contribution is -0.383. The zero-order chi connectivity index (χ0) is 20.5. The largest absolute Gasteiger partial charge is 0.461 e. The third-order valence-electron chi connectivity index (χ3n) is 4.25. The molecular weight excluding hydrogens is 398 g/mol. The number of hydrogen-bond acceptors (Lipinski definition) is 8. The quantitative estimate of drug-likeness (QED) is 0.282. The normalized spacial score (nSPS) is 11.0. The van der Waals surface area contributed by atoms with E-state index in [2.05, 4.69) is 20.2 Å². The number of nitrogens with zero attached hydrogens (tertiary/aromatic N) is 5. The van der Waals surface area contributed by atoms with Crippen molar-refractivity contribution in [1.29, 1.82) is 0 Å². The Kier molecular flexibility index (Phi) is 4.73. The molecular formula is C19H12ClN5O4. The van der Waals surface area contributed by atoms with Gasteiger partial charge in [-0.25, -0.2) is 9.78 Å². The fourth-order valence-electron chi connectivity index (χ4n) is 3.00. The lowest BCUT2D eigenvalue weighted by Crippen LogP contribution is -2.06. The second-order valence-electron chi connectivity index (χ2n) is 5.96. The number of ether oxygens (including phenoxy) is 1. The van der Waals surface area contributed by atoms with Crippen molar-refractivity contribution in [2.75, 3.05) is 6.61 Å². The topological polar surface area (TPSA) is 121 Å². The molecule has 0 amide bonds. The molecule has 0 aliphatic rings. The average Bonchev–Trinajstić information content (AvgIpc) is 3.10. The van der Waals surface area contributed by atoms with Crippen LogP contribution >= 0.6 is 11.6 Å². The molecule has 2 aromatic carbocycles. The summed E-state index contributed by atoms with van der Waals surface area (Å²) in [4.78, 5) is 32.2. The molecule has 0 fully saturated rings. The van der Waals surface area contributed by atoms with Crippen molar-refractivity contribution >= 4 is 45.1 Å². The van der Waals surface area contributed by atoms with Crippen LogP contribution in [0, 0.1) is 10.1 Å². The Morgan fingerprint density at radius 2 is 2.00 bits per heavy atom. The fourth-order valence-corrected chi connectivity index (χ4v) is 3.22. The molecule has 4 rings (SSSR count). The van der Waals surface area contributed by atoms with E-state index in [9.17, 15) is 14.9 Å². The van der Waals surface area contributed by atoms with Crippen LogP contribution in [0.2, 0.25) is 5.02 Å². The standard InChI is InChI=1S/C19H12ClN5O4/c1-2-29-19(26)14-9-21-16-11(17(23-14)10-5-3-4-6-13(10)20)7-15(25(27)28)18-12(16)8-22-24-18/h3-9H,2H2,1H3. The molecule has 0 radical (unpaired) electrons. The lowest BCUT2D eigenvalue weighted by Gasteiger charge is -2.06. The molecule has 2 heterocycles. The number of hydrogen-bond donors (Lipinski definition) is 0. The van der Waals surface area contributed by atoms with E-state index in [-0.39, 0.29) is 29.2 Å². The first kappa shape index (κ1) is 18.6. The van der Waals surface area contributed by atoms with Crippen molar-refractivity contribution < 1.29 is 14.5 Å². The number of carbonyl (C=O) groups excluding carboxylic acids is 1. The number of rotatable bonds is 4. The van der Waals surface area contributed by atoms with Gasteiger partial charge in [-0.15, -0.1) is 5.10 Å². The number of non-ortho nitro benzene ring substituents is 1. The molecule has 4 aromatic rings. The molecule has 0 unspecified atom stereocenters. The SMILES string of the molecule is CCOC(=O)c1cnc2c(cc([N+](=O)[O-])c3nncc32)c(-c2ccccc2Cl)n1. The highest BCUT2D eigenvalue weighted by Gasteiger charge is 2.22. The molecule has 0 aliphatic heterocycles. The van der Waals surface area contributed by atoms with Gasteiger partial charge in [0.15, 0.2) is 11.2 Å². The van der Waals surface area contributed by atoms with Gasteiger partial charge in [-0.05, 0) is 13.0 Å². The third kappa shape index (κ3) is 3.21. The molecule has 0 saturated carbocycles. The average molecular weight is 410 g/mol. The summed E-state index contributed by atoms with van der Waals surface area (Å²) in [6.45, 7) is 1.83. The van der Waals surface area contributed by atoms with E-state index in [0.717, 1.165) is 0 Å². The molecule has 0 bridgehead atoms. The first-order valence-electron chi connectivity index (χ1n) is 8.52. The highest BCUT2D eigenvalue weighted by Crippen LogP contribution is 2.37. The Morgan fingerprint density at radius 1 is 1.21 bits per heavy atom. The number of carbonyl (C=O) groups is 1. The third-order valence-corrected chi connectivity index (χ3v) is 4.58. The first-order chi connectivity index (χ1) is 14.0.